The third-order valence-corrected chi connectivity index (χ3v) is 3.79. The van der Waals surface area contributed by atoms with E-state index in [0.717, 1.165) is 0 Å². The smallest absolute Gasteiger partial charge is 0.292 e. The number of morpholine rings is 1. The molecule has 2 rings (SSSR count). The molecule has 0 aromatic heterocycles. The molecule has 1 aromatic rings. The van der Waals surface area contributed by atoms with Crippen LogP contribution in [-0.4, -0.2) is 61.0 Å². The Balaban J connectivity index is 1.64. The van der Waals surface area contributed by atoms with Crippen LogP contribution in [0.15, 0.2) is 24.3 Å². The van der Waals surface area contributed by atoms with E-state index < -0.39 is 4.92 Å². The SMILES string of the molecule is O=C(CCC(=O)N1CCOCC1)NCCNc1ccccc1[N+](=O)[O-]. The summed E-state index contributed by atoms with van der Waals surface area (Å²) < 4.78 is 5.18. The molecule has 0 bridgehead atoms. The van der Waals surface area contributed by atoms with Gasteiger partial charge in [-0.1, -0.05) is 12.1 Å². The zero-order valence-corrected chi connectivity index (χ0v) is 13.9. The van der Waals surface area contributed by atoms with Gasteiger partial charge >= 0.3 is 0 Å². The molecule has 0 atom stereocenters. The molecule has 1 aliphatic rings. The molecule has 9 heteroatoms. The van der Waals surface area contributed by atoms with Crippen molar-refractivity contribution in [2.75, 3.05) is 44.7 Å². The Morgan fingerprint density at radius 2 is 1.88 bits per heavy atom. The van der Waals surface area contributed by atoms with Crippen molar-refractivity contribution in [3.05, 3.63) is 34.4 Å². The molecule has 0 aliphatic carbocycles. The van der Waals surface area contributed by atoms with Crippen LogP contribution in [0.3, 0.4) is 0 Å². The Labute approximate surface area is 145 Å². The minimum Gasteiger partial charge on any atom is -0.378 e. The topological polar surface area (TPSA) is 114 Å². The summed E-state index contributed by atoms with van der Waals surface area (Å²) >= 11 is 0. The van der Waals surface area contributed by atoms with E-state index in [9.17, 15) is 19.7 Å². The molecule has 25 heavy (non-hydrogen) atoms. The highest BCUT2D eigenvalue weighted by Gasteiger charge is 2.17. The van der Waals surface area contributed by atoms with Crippen molar-refractivity contribution < 1.29 is 19.2 Å². The lowest BCUT2D eigenvalue weighted by atomic mass is 10.2. The molecule has 0 saturated carbocycles. The molecule has 1 fully saturated rings. The number of carbonyl (C=O) groups is 2. The number of amides is 2. The summed E-state index contributed by atoms with van der Waals surface area (Å²) in [5.41, 5.74) is 0.397. The number of benzene rings is 1. The van der Waals surface area contributed by atoms with Gasteiger partial charge in [-0.15, -0.1) is 0 Å². The Hall–Kier alpha value is -2.68. The zero-order chi connectivity index (χ0) is 18.1. The second kappa shape index (κ2) is 9.58. The molecule has 2 N–H and O–H groups in total. The first-order chi connectivity index (χ1) is 12.1. The number of rotatable bonds is 8. The molecular weight excluding hydrogens is 328 g/mol. The van der Waals surface area contributed by atoms with Crippen molar-refractivity contribution in [1.29, 1.82) is 0 Å². The summed E-state index contributed by atoms with van der Waals surface area (Å²) in [6.07, 6.45) is 0.297. The first kappa shape index (κ1) is 18.7. The largest absolute Gasteiger partial charge is 0.378 e. The molecule has 1 heterocycles. The highest BCUT2D eigenvalue weighted by atomic mass is 16.6. The number of anilines is 1. The van der Waals surface area contributed by atoms with Crippen LogP contribution in [0, 0.1) is 10.1 Å². The van der Waals surface area contributed by atoms with Gasteiger partial charge in [0, 0.05) is 45.1 Å². The Bertz CT molecular complexity index is 616. The fraction of sp³-hybridized carbons (Fsp3) is 0.500. The molecule has 0 spiro atoms. The Kier molecular flexibility index (Phi) is 7.15. The van der Waals surface area contributed by atoms with Gasteiger partial charge < -0.3 is 20.3 Å². The van der Waals surface area contributed by atoms with Crippen LogP contribution in [0.1, 0.15) is 12.8 Å². The molecular formula is C16H22N4O5. The fourth-order valence-electron chi connectivity index (χ4n) is 2.46. The van der Waals surface area contributed by atoms with Crippen molar-refractivity contribution in [1.82, 2.24) is 10.2 Å². The summed E-state index contributed by atoms with van der Waals surface area (Å²) in [5, 5.41) is 16.5. The average Bonchev–Trinajstić information content (AvgIpc) is 2.64. The molecule has 2 amide bonds. The normalized spacial score (nSPS) is 14.0. The molecule has 1 aromatic carbocycles. The van der Waals surface area contributed by atoms with Crippen molar-refractivity contribution in [3.63, 3.8) is 0 Å². The highest BCUT2D eigenvalue weighted by Crippen LogP contribution is 2.22. The number of nitro benzene ring substituents is 1. The van der Waals surface area contributed by atoms with Crippen molar-refractivity contribution in [2.45, 2.75) is 12.8 Å². The number of para-hydroxylation sites is 2. The number of ether oxygens (including phenoxy) is 1. The maximum Gasteiger partial charge on any atom is 0.292 e. The van der Waals surface area contributed by atoms with Crippen molar-refractivity contribution in [3.8, 4) is 0 Å². The number of nitrogens with zero attached hydrogens (tertiary/aromatic N) is 2. The van der Waals surface area contributed by atoms with Gasteiger partial charge in [-0.05, 0) is 6.07 Å². The monoisotopic (exact) mass is 350 g/mol. The second-order valence-electron chi connectivity index (χ2n) is 5.54. The number of nitrogens with one attached hydrogen (secondary N) is 2. The first-order valence-electron chi connectivity index (χ1n) is 8.17. The lowest BCUT2D eigenvalue weighted by Gasteiger charge is -2.26. The third-order valence-electron chi connectivity index (χ3n) is 3.79. The van der Waals surface area contributed by atoms with E-state index in [-0.39, 0.29) is 30.3 Å². The van der Waals surface area contributed by atoms with E-state index in [1.165, 1.54) is 6.07 Å². The summed E-state index contributed by atoms with van der Waals surface area (Å²) in [5.74, 6) is -0.262. The number of carbonyl (C=O) groups excluding carboxylic acids is 2. The standard InChI is InChI=1S/C16H22N4O5/c21-15(5-6-16(22)19-9-11-25-12-10-19)18-8-7-17-13-3-1-2-4-14(13)20(23)24/h1-4,17H,5-12H2,(H,18,21). The molecule has 0 radical (unpaired) electrons. The van der Waals surface area contributed by atoms with Crippen LogP contribution in [0.5, 0.6) is 0 Å². The van der Waals surface area contributed by atoms with Crippen LogP contribution in [0.25, 0.3) is 0 Å². The maximum atomic E-state index is 11.9. The average molecular weight is 350 g/mol. The van der Waals surface area contributed by atoms with E-state index >= 15 is 0 Å². The summed E-state index contributed by atoms with van der Waals surface area (Å²) in [6, 6.07) is 6.32. The lowest BCUT2D eigenvalue weighted by molar-refractivity contribution is -0.384. The van der Waals surface area contributed by atoms with Gasteiger partial charge in [-0.25, -0.2) is 0 Å². The molecule has 1 saturated heterocycles. The third kappa shape index (κ3) is 6.03. The number of hydrogen-bond acceptors (Lipinski definition) is 6. The van der Waals surface area contributed by atoms with Crippen LogP contribution < -0.4 is 10.6 Å². The summed E-state index contributed by atoms with van der Waals surface area (Å²) in [4.78, 5) is 35.8. The molecule has 136 valence electrons. The lowest BCUT2D eigenvalue weighted by Crippen LogP contribution is -2.41. The Morgan fingerprint density at radius 3 is 2.60 bits per heavy atom. The van der Waals surface area contributed by atoms with Gasteiger partial charge in [0.05, 0.1) is 18.1 Å². The van der Waals surface area contributed by atoms with Gasteiger partial charge in [0.15, 0.2) is 0 Å². The maximum absolute atomic E-state index is 11.9. The summed E-state index contributed by atoms with van der Waals surface area (Å²) in [7, 11) is 0. The number of nitro groups is 1. The van der Waals surface area contributed by atoms with E-state index in [2.05, 4.69) is 10.6 Å². The first-order valence-corrected chi connectivity index (χ1v) is 8.17. The number of hydrogen-bond donors (Lipinski definition) is 2. The van der Waals surface area contributed by atoms with Crippen LogP contribution in [-0.2, 0) is 14.3 Å². The van der Waals surface area contributed by atoms with Crippen LogP contribution in [0.4, 0.5) is 11.4 Å². The fourth-order valence-corrected chi connectivity index (χ4v) is 2.46. The van der Waals surface area contributed by atoms with E-state index in [4.69, 9.17) is 4.74 Å². The van der Waals surface area contributed by atoms with Crippen molar-refractivity contribution >= 4 is 23.2 Å². The summed E-state index contributed by atoms with van der Waals surface area (Å²) in [6.45, 7) is 2.88. The van der Waals surface area contributed by atoms with E-state index in [0.29, 0.717) is 45.1 Å². The van der Waals surface area contributed by atoms with Crippen LogP contribution >= 0.6 is 0 Å². The van der Waals surface area contributed by atoms with Gasteiger partial charge in [0.1, 0.15) is 5.69 Å². The molecule has 1 aliphatic heterocycles. The van der Waals surface area contributed by atoms with Gasteiger partial charge in [-0.3, -0.25) is 19.7 Å². The zero-order valence-electron chi connectivity index (χ0n) is 13.9. The minimum atomic E-state index is -0.460. The second-order valence-corrected chi connectivity index (χ2v) is 5.54. The quantitative estimate of drug-likeness (QED) is 0.406. The van der Waals surface area contributed by atoms with Crippen LogP contribution in [0.2, 0.25) is 0 Å². The van der Waals surface area contributed by atoms with Gasteiger partial charge in [-0.2, -0.15) is 0 Å². The van der Waals surface area contributed by atoms with E-state index in [1.807, 2.05) is 0 Å². The van der Waals surface area contributed by atoms with Gasteiger partial charge in [0.25, 0.3) is 5.69 Å². The minimum absolute atomic E-state index is 0.00932. The predicted molar refractivity (Wildman–Crippen MR) is 91.2 cm³/mol. The predicted octanol–water partition coefficient (Wildman–Crippen LogP) is 0.762. The van der Waals surface area contributed by atoms with Gasteiger partial charge in [0.2, 0.25) is 11.8 Å². The molecule has 0 unspecified atom stereocenters. The molecule has 9 nitrogen and oxygen atoms in total. The highest BCUT2D eigenvalue weighted by molar-refractivity contribution is 5.83. The van der Waals surface area contributed by atoms with Crippen molar-refractivity contribution in [2.24, 2.45) is 0 Å². The Morgan fingerprint density at radius 1 is 1.16 bits per heavy atom. The van der Waals surface area contributed by atoms with E-state index in [1.54, 1.807) is 23.1 Å².